The fraction of sp³-hybridized carbons (Fsp3) is 0.458. The zero-order chi connectivity index (χ0) is 21.0. The van der Waals surface area contributed by atoms with Crippen LogP contribution < -0.4 is 5.32 Å². The lowest BCUT2D eigenvalue weighted by atomic mass is 10.1. The van der Waals surface area contributed by atoms with Gasteiger partial charge in [0.15, 0.2) is 0 Å². The number of hydrogen-bond acceptors (Lipinski definition) is 6. The van der Waals surface area contributed by atoms with E-state index < -0.39 is 0 Å². The van der Waals surface area contributed by atoms with E-state index in [2.05, 4.69) is 44.8 Å². The molecule has 0 unspecified atom stereocenters. The molecule has 5 rings (SSSR count). The smallest absolute Gasteiger partial charge is 0.223 e. The zero-order valence-corrected chi connectivity index (χ0v) is 17.8. The first-order chi connectivity index (χ1) is 15.2. The molecule has 1 amide bonds. The van der Waals surface area contributed by atoms with E-state index >= 15 is 0 Å². The third-order valence-corrected chi connectivity index (χ3v) is 6.38. The van der Waals surface area contributed by atoms with Gasteiger partial charge in [-0.3, -0.25) is 4.79 Å². The Morgan fingerprint density at radius 2 is 1.97 bits per heavy atom. The number of nitrogens with one attached hydrogen (secondary N) is 1. The van der Waals surface area contributed by atoms with Gasteiger partial charge in [0.1, 0.15) is 0 Å². The van der Waals surface area contributed by atoms with Crippen molar-refractivity contribution < 1.29 is 4.79 Å². The van der Waals surface area contributed by atoms with Gasteiger partial charge in [-0.05, 0) is 43.2 Å². The van der Waals surface area contributed by atoms with Crippen LogP contribution in [0.4, 0.5) is 5.95 Å². The fourth-order valence-electron chi connectivity index (χ4n) is 4.67. The van der Waals surface area contributed by atoms with E-state index in [1.807, 2.05) is 17.3 Å². The average molecular weight is 417 g/mol. The van der Waals surface area contributed by atoms with Gasteiger partial charge >= 0.3 is 0 Å². The molecule has 0 bridgehead atoms. The summed E-state index contributed by atoms with van der Waals surface area (Å²) in [4.78, 5) is 23.9. The van der Waals surface area contributed by atoms with Crippen molar-refractivity contribution in [3.05, 3.63) is 52.8 Å². The molecule has 0 spiro atoms. The summed E-state index contributed by atoms with van der Waals surface area (Å²) in [5.74, 6) is 0.927. The number of anilines is 1. The molecule has 2 aliphatic heterocycles. The second kappa shape index (κ2) is 8.96. The quantitative estimate of drug-likeness (QED) is 0.702. The maximum atomic E-state index is 12.6. The molecule has 0 radical (unpaired) electrons. The van der Waals surface area contributed by atoms with Gasteiger partial charge in [-0.2, -0.15) is 10.2 Å². The lowest BCUT2D eigenvalue weighted by Crippen LogP contribution is -2.36. The number of unbranched alkanes of at least 4 members (excludes halogenated alkanes) is 1. The van der Waals surface area contributed by atoms with E-state index in [-0.39, 0.29) is 5.91 Å². The van der Waals surface area contributed by atoms with Gasteiger partial charge in [-0.1, -0.05) is 24.3 Å². The van der Waals surface area contributed by atoms with E-state index in [9.17, 15) is 4.79 Å². The predicted octanol–water partition coefficient (Wildman–Crippen LogP) is 3.33. The summed E-state index contributed by atoms with van der Waals surface area (Å²) < 4.78 is 0. The Bertz CT molecular complexity index is 1010. The van der Waals surface area contributed by atoms with Crippen molar-refractivity contribution in [3.63, 3.8) is 0 Å². The van der Waals surface area contributed by atoms with Crippen LogP contribution in [-0.2, 0) is 30.6 Å². The van der Waals surface area contributed by atoms with Crippen LogP contribution in [0, 0.1) is 0 Å². The molecule has 7 nitrogen and oxygen atoms in total. The minimum absolute atomic E-state index is 0.223. The number of carbonyl (C=O) groups excluding carboxylic acids is 1. The summed E-state index contributed by atoms with van der Waals surface area (Å²) in [6.07, 6.45) is 10.8. The van der Waals surface area contributed by atoms with E-state index in [0.717, 1.165) is 68.5 Å². The van der Waals surface area contributed by atoms with Crippen LogP contribution >= 0.6 is 0 Å². The van der Waals surface area contributed by atoms with Crippen molar-refractivity contribution in [1.29, 1.82) is 0 Å². The molecule has 0 fully saturated rings. The fourth-order valence-corrected chi connectivity index (χ4v) is 4.67. The number of fused-ring (bicyclic) bond motifs is 2. The standard InChI is InChI=1S/C24H28N6O/c31-23(8-4-3-7-20-9-11-26-29-20)30-12-10-22-19(16-30)15-25-24(28-22)27-21-13-17-5-1-2-6-18(17)14-21/h1-2,5-6,11,15,21H,3-4,7-10,12-14,16H2,(H,25,27,28). The van der Waals surface area contributed by atoms with Gasteiger partial charge < -0.3 is 10.2 Å². The van der Waals surface area contributed by atoms with E-state index in [4.69, 9.17) is 4.98 Å². The molecule has 1 N–H and O–H groups in total. The number of carbonyl (C=O) groups is 1. The molecule has 2 aromatic rings. The van der Waals surface area contributed by atoms with Gasteiger partial charge in [0.2, 0.25) is 11.9 Å². The van der Waals surface area contributed by atoms with Gasteiger partial charge in [0.05, 0.1) is 5.69 Å². The molecule has 1 aromatic carbocycles. The van der Waals surface area contributed by atoms with E-state index in [1.165, 1.54) is 11.1 Å². The molecule has 0 atom stereocenters. The second-order valence-corrected chi connectivity index (χ2v) is 8.62. The van der Waals surface area contributed by atoms with Crippen LogP contribution in [0.1, 0.15) is 54.5 Å². The van der Waals surface area contributed by atoms with E-state index in [0.29, 0.717) is 25.0 Å². The zero-order valence-electron chi connectivity index (χ0n) is 17.8. The summed E-state index contributed by atoms with van der Waals surface area (Å²) >= 11 is 0. The first kappa shape index (κ1) is 19.8. The van der Waals surface area contributed by atoms with Crippen molar-refractivity contribution in [1.82, 2.24) is 14.9 Å². The molecule has 1 aliphatic carbocycles. The molecule has 160 valence electrons. The number of rotatable bonds is 7. The average Bonchev–Trinajstić information content (AvgIpc) is 3.45. The topological polar surface area (TPSA) is 82.8 Å². The lowest BCUT2D eigenvalue weighted by Gasteiger charge is -2.28. The third-order valence-electron chi connectivity index (χ3n) is 6.38. The van der Waals surface area contributed by atoms with Crippen molar-refractivity contribution in [3.8, 4) is 0 Å². The lowest BCUT2D eigenvalue weighted by molar-refractivity contribution is -0.132. The highest BCUT2D eigenvalue weighted by atomic mass is 16.2. The van der Waals surface area contributed by atoms with Crippen molar-refractivity contribution >= 4 is 23.8 Å². The maximum absolute atomic E-state index is 12.6. The van der Waals surface area contributed by atoms with E-state index in [1.54, 1.807) is 0 Å². The molecular weight excluding hydrogens is 388 g/mol. The Morgan fingerprint density at radius 3 is 2.74 bits per heavy atom. The van der Waals surface area contributed by atoms with Crippen LogP contribution in [0.2, 0.25) is 0 Å². The normalized spacial score (nSPS) is 17.4. The minimum Gasteiger partial charge on any atom is -0.351 e. The van der Waals surface area contributed by atoms with Crippen LogP contribution in [0.15, 0.2) is 40.7 Å². The van der Waals surface area contributed by atoms with Crippen molar-refractivity contribution in [2.24, 2.45) is 10.2 Å². The minimum atomic E-state index is 0.223. The SMILES string of the molecule is O=C(CCCCC1=NN=CC1)N1CCc2nc(NC3Cc4ccccc4C3)ncc2C1. The van der Waals surface area contributed by atoms with Crippen LogP contribution in [0.5, 0.6) is 0 Å². The molecule has 0 saturated heterocycles. The third kappa shape index (κ3) is 4.65. The van der Waals surface area contributed by atoms with Gasteiger partial charge in [0.25, 0.3) is 0 Å². The number of benzene rings is 1. The summed E-state index contributed by atoms with van der Waals surface area (Å²) in [7, 11) is 0. The largest absolute Gasteiger partial charge is 0.351 e. The van der Waals surface area contributed by atoms with Crippen molar-refractivity contribution in [2.75, 3.05) is 11.9 Å². The van der Waals surface area contributed by atoms with Gasteiger partial charge in [-0.15, -0.1) is 0 Å². The highest BCUT2D eigenvalue weighted by Crippen LogP contribution is 2.25. The molecule has 7 heteroatoms. The molecule has 1 aromatic heterocycles. The molecular formula is C24H28N6O. The Kier molecular flexibility index (Phi) is 5.74. The van der Waals surface area contributed by atoms with Gasteiger partial charge in [-0.25, -0.2) is 9.97 Å². The molecule has 31 heavy (non-hydrogen) atoms. The number of hydrogen-bond donors (Lipinski definition) is 1. The highest BCUT2D eigenvalue weighted by molar-refractivity contribution is 5.98. The highest BCUT2D eigenvalue weighted by Gasteiger charge is 2.24. The monoisotopic (exact) mass is 416 g/mol. The molecule has 0 saturated carbocycles. The maximum Gasteiger partial charge on any atom is 0.223 e. The summed E-state index contributed by atoms with van der Waals surface area (Å²) in [5.41, 5.74) is 6.09. The van der Waals surface area contributed by atoms with Crippen molar-refractivity contribution in [2.45, 2.75) is 64.0 Å². The Hall–Kier alpha value is -3.09. The number of nitrogens with zero attached hydrogens (tertiary/aromatic N) is 5. The first-order valence-electron chi connectivity index (χ1n) is 11.3. The van der Waals surface area contributed by atoms with Crippen LogP contribution in [-0.4, -0.2) is 45.3 Å². The summed E-state index contributed by atoms with van der Waals surface area (Å²) in [6, 6.07) is 8.95. The number of aromatic nitrogens is 2. The summed E-state index contributed by atoms with van der Waals surface area (Å²) in [5, 5.41) is 11.5. The Balaban J connectivity index is 1.11. The van der Waals surface area contributed by atoms with Crippen LogP contribution in [0.3, 0.4) is 0 Å². The molecule has 3 heterocycles. The Labute approximate surface area is 182 Å². The second-order valence-electron chi connectivity index (χ2n) is 8.62. The van der Waals surface area contributed by atoms with Crippen LogP contribution in [0.25, 0.3) is 0 Å². The summed E-state index contributed by atoms with van der Waals surface area (Å²) in [6.45, 7) is 1.35. The Morgan fingerprint density at radius 1 is 1.13 bits per heavy atom. The molecule has 3 aliphatic rings. The first-order valence-corrected chi connectivity index (χ1v) is 11.3. The van der Waals surface area contributed by atoms with Gasteiger partial charge in [0, 0.05) is 62.1 Å². The number of amides is 1. The predicted molar refractivity (Wildman–Crippen MR) is 121 cm³/mol.